The second-order valence-electron chi connectivity index (χ2n) is 4.94. The van der Waals surface area contributed by atoms with Crippen LogP contribution in [0.25, 0.3) is 0 Å². The molecule has 2 aromatic rings. The number of halogens is 1. The third-order valence-corrected chi connectivity index (χ3v) is 3.48. The van der Waals surface area contributed by atoms with E-state index < -0.39 is 12.6 Å². The van der Waals surface area contributed by atoms with E-state index in [-0.39, 0.29) is 17.2 Å². The van der Waals surface area contributed by atoms with Gasteiger partial charge in [0.05, 0.1) is 5.56 Å². The SMILES string of the molecule is C=CCN(C(=O)COC(=O)c1cc(Cl)ccc1N)c1ccccc1. The van der Waals surface area contributed by atoms with E-state index in [0.29, 0.717) is 17.3 Å². The van der Waals surface area contributed by atoms with Gasteiger partial charge in [-0.3, -0.25) is 4.79 Å². The molecule has 0 radical (unpaired) electrons. The number of hydrogen-bond acceptors (Lipinski definition) is 4. The standard InChI is InChI=1S/C18H17ClN2O3/c1-2-10-21(14-6-4-3-5-7-14)17(22)12-24-18(23)15-11-13(19)8-9-16(15)20/h2-9,11H,1,10,12,20H2. The Balaban J connectivity index is 2.06. The van der Waals surface area contributed by atoms with Gasteiger partial charge in [0.15, 0.2) is 6.61 Å². The smallest absolute Gasteiger partial charge is 0.340 e. The molecule has 0 bridgehead atoms. The Bertz CT molecular complexity index is 747. The molecule has 0 atom stereocenters. The van der Waals surface area contributed by atoms with Gasteiger partial charge in [0.25, 0.3) is 5.91 Å². The van der Waals surface area contributed by atoms with Crippen LogP contribution in [0.4, 0.5) is 11.4 Å². The summed E-state index contributed by atoms with van der Waals surface area (Å²) >= 11 is 5.85. The molecule has 0 aliphatic heterocycles. The molecule has 0 unspecified atom stereocenters. The van der Waals surface area contributed by atoms with Crippen molar-refractivity contribution < 1.29 is 14.3 Å². The van der Waals surface area contributed by atoms with Gasteiger partial charge in [-0.25, -0.2) is 4.79 Å². The lowest BCUT2D eigenvalue weighted by Gasteiger charge is -2.21. The number of esters is 1. The van der Waals surface area contributed by atoms with Crippen molar-refractivity contribution >= 4 is 34.9 Å². The Kier molecular flexibility index (Phi) is 5.98. The van der Waals surface area contributed by atoms with Crippen LogP contribution in [0.2, 0.25) is 5.02 Å². The van der Waals surface area contributed by atoms with Gasteiger partial charge in [-0.1, -0.05) is 35.9 Å². The zero-order valence-corrected chi connectivity index (χ0v) is 13.7. The minimum atomic E-state index is -0.699. The molecule has 2 rings (SSSR count). The quantitative estimate of drug-likeness (QED) is 0.496. The van der Waals surface area contributed by atoms with E-state index in [0.717, 1.165) is 0 Å². The maximum Gasteiger partial charge on any atom is 0.340 e. The largest absolute Gasteiger partial charge is 0.452 e. The van der Waals surface area contributed by atoms with Crippen LogP contribution in [-0.2, 0) is 9.53 Å². The third kappa shape index (κ3) is 4.36. The second-order valence-corrected chi connectivity index (χ2v) is 5.37. The summed E-state index contributed by atoms with van der Waals surface area (Å²) in [5.41, 5.74) is 6.79. The van der Waals surface area contributed by atoms with Crippen molar-refractivity contribution in [1.29, 1.82) is 0 Å². The number of nitrogens with two attached hydrogens (primary N) is 1. The van der Waals surface area contributed by atoms with Gasteiger partial charge in [0.2, 0.25) is 0 Å². The number of nitrogen functional groups attached to an aromatic ring is 1. The monoisotopic (exact) mass is 344 g/mol. The van der Waals surface area contributed by atoms with Gasteiger partial charge >= 0.3 is 5.97 Å². The van der Waals surface area contributed by atoms with Crippen molar-refractivity contribution in [3.05, 3.63) is 71.8 Å². The van der Waals surface area contributed by atoms with Crippen molar-refractivity contribution in [2.75, 3.05) is 23.8 Å². The average molecular weight is 345 g/mol. The number of hydrogen-bond donors (Lipinski definition) is 1. The van der Waals surface area contributed by atoms with Crippen molar-refractivity contribution in [2.24, 2.45) is 0 Å². The first-order valence-corrected chi connectivity index (χ1v) is 7.59. The van der Waals surface area contributed by atoms with Gasteiger partial charge in [-0.2, -0.15) is 0 Å². The number of rotatable bonds is 6. The van der Waals surface area contributed by atoms with Crippen LogP contribution in [0, 0.1) is 0 Å². The van der Waals surface area contributed by atoms with Crippen LogP contribution in [0.15, 0.2) is 61.2 Å². The van der Waals surface area contributed by atoms with Crippen LogP contribution >= 0.6 is 11.6 Å². The highest BCUT2D eigenvalue weighted by molar-refractivity contribution is 6.31. The van der Waals surface area contributed by atoms with Crippen LogP contribution in [0.1, 0.15) is 10.4 Å². The first-order valence-electron chi connectivity index (χ1n) is 7.21. The first-order chi connectivity index (χ1) is 11.5. The van der Waals surface area contributed by atoms with Gasteiger partial charge in [-0.15, -0.1) is 6.58 Å². The highest BCUT2D eigenvalue weighted by atomic mass is 35.5. The van der Waals surface area contributed by atoms with Gasteiger partial charge in [0, 0.05) is 22.9 Å². The minimum Gasteiger partial charge on any atom is -0.452 e. The Morgan fingerprint density at radius 1 is 1.21 bits per heavy atom. The number of para-hydroxylation sites is 1. The van der Waals surface area contributed by atoms with E-state index in [1.807, 2.05) is 18.2 Å². The molecule has 124 valence electrons. The summed E-state index contributed by atoms with van der Waals surface area (Å²) in [5, 5.41) is 0.361. The van der Waals surface area contributed by atoms with Crippen LogP contribution in [0.3, 0.4) is 0 Å². The molecule has 24 heavy (non-hydrogen) atoms. The Labute approximate surface area is 145 Å². The zero-order valence-electron chi connectivity index (χ0n) is 12.9. The van der Waals surface area contributed by atoms with Gasteiger partial charge in [-0.05, 0) is 30.3 Å². The highest BCUT2D eigenvalue weighted by Gasteiger charge is 2.18. The Hall–Kier alpha value is -2.79. The average Bonchev–Trinajstić information content (AvgIpc) is 2.60. The summed E-state index contributed by atoms with van der Waals surface area (Å²) in [6.07, 6.45) is 1.60. The molecule has 2 aromatic carbocycles. The summed E-state index contributed by atoms with van der Waals surface area (Å²) in [6, 6.07) is 13.5. The summed E-state index contributed by atoms with van der Waals surface area (Å²) < 4.78 is 5.07. The Morgan fingerprint density at radius 3 is 2.58 bits per heavy atom. The van der Waals surface area contributed by atoms with Gasteiger partial charge in [0.1, 0.15) is 0 Å². The number of ether oxygens (including phenoxy) is 1. The third-order valence-electron chi connectivity index (χ3n) is 3.24. The first kappa shape index (κ1) is 17.6. The number of nitrogens with zero attached hydrogens (tertiary/aromatic N) is 1. The second kappa shape index (κ2) is 8.17. The maximum absolute atomic E-state index is 12.4. The van der Waals surface area contributed by atoms with Crippen molar-refractivity contribution in [3.63, 3.8) is 0 Å². The summed E-state index contributed by atoms with van der Waals surface area (Å²) in [6.45, 7) is 3.54. The zero-order chi connectivity index (χ0) is 17.5. The van der Waals surface area contributed by atoms with Crippen molar-refractivity contribution in [3.8, 4) is 0 Å². The lowest BCUT2D eigenvalue weighted by atomic mass is 10.2. The molecule has 0 spiro atoms. The van der Waals surface area contributed by atoms with E-state index in [9.17, 15) is 9.59 Å². The molecule has 2 N–H and O–H groups in total. The van der Waals surface area contributed by atoms with Crippen LogP contribution in [0.5, 0.6) is 0 Å². The lowest BCUT2D eigenvalue weighted by molar-refractivity contribution is -0.121. The summed E-state index contributed by atoms with van der Waals surface area (Å²) in [5.74, 6) is -1.06. The molecule has 1 amide bonds. The molecule has 6 heteroatoms. The van der Waals surface area contributed by atoms with Crippen molar-refractivity contribution in [2.45, 2.75) is 0 Å². The molecule has 0 aliphatic rings. The van der Waals surface area contributed by atoms with Gasteiger partial charge < -0.3 is 15.4 Å². The molecule has 0 aromatic heterocycles. The molecular weight excluding hydrogens is 328 g/mol. The number of anilines is 2. The summed E-state index contributed by atoms with van der Waals surface area (Å²) in [7, 11) is 0. The molecule has 0 saturated carbocycles. The number of carbonyl (C=O) groups is 2. The van der Waals surface area contributed by atoms with Crippen LogP contribution in [-0.4, -0.2) is 25.0 Å². The summed E-state index contributed by atoms with van der Waals surface area (Å²) in [4.78, 5) is 25.9. The fraction of sp³-hybridized carbons (Fsp3) is 0.111. The van der Waals surface area contributed by atoms with E-state index >= 15 is 0 Å². The molecule has 0 aliphatic carbocycles. The van der Waals surface area contributed by atoms with Crippen molar-refractivity contribution in [1.82, 2.24) is 0 Å². The molecule has 5 nitrogen and oxygen atoms in total. The molecule has 0 saturated heterocycles. The topological polar surface area (TPSA) is 72.6 Å². The Morgan fingerprint density at radius 2 is 1.92 bits per heavy atom. The predicted octanol–water partition coefficient (Wildman–Crippen LogP) is 3.30. The molecule has 0 fully saturated rings. The lowest BCUT2D eigenvalue weighted by Crippen LogP contribution is -2.34. The van der Waals surface area contributed by atoms with E-state index in [2.05, 4.69) is 6.58 Å². The van der Waals surface area contributed by atoms with E-state index in [1.165, 1.54) is 17.0 Å². The normalized spacial score (nSPS) is 10.0. The number of amides is 1. The van der Waals surface area contributed by atoms with E-state index in [1.54, 1.807) is 24.3 Å². The molecular formula is C18H17ClN2O3. The maximum atomic E-state index is 12.4. The molecule has 0 heterocycles. The predicted molar refractivity (Wildman–Crippen MR) is 95.1 cm³/mol. The van der Waals surface area contributed by atoms with E-state index in [4.69, 9.17) is 22.1 Å². The fourth-order valence-corrected chi connectivity index (χ4v) is 2.25. The number of benzene rings is 2. The minimum absolute atomic E-state index is 0.130. The fourth-order valence-electron chi connectivity index (χ4n) is 2.08. The number of carbonyl (C=O) groups excluding carboxylic acids is 2. The highest BCUT2D eigenvalue weighted by Crippen LogP contribution is 2.19. The van der Waals surface area contributed by atoms with Crippen LogP contribution < -0.4 is 10.6 Å².